The van der Waals surface area contributed by atoms with Crippen molar-refractivity contribution in [1.29, 1.82) is 0 Å². The molecular formula is C26H21F2N5O4. The summed E-state index contributed by atoms with van der Waals surface area (Å²) in [6, 6.07) is 19.9. The zero-order valence-corrected chi connectivity index (χ0v) is 19.3. The van der Waals surface area contributed by atoms with E-state index in [1.165, 1.54) is 24.4 Å². The van der Waals surface area contributed by atoms with Gasteiger partial charge in [0.05, 0.1) is 28.9 Å². The van der Waals surface area contributed by atoms with Crippen LogP contribution >= 0.6 is 0 Å². The van der Waals surface area contributed by atoms with Crippen LogP contribution in [0.5, 0.6) is 11.5 Å². The Labute approximate surface area is 209 Å². The Kier molecular flexibility index (Phi) is 6.50. The second kappa shape index (κ2) is 10.1. The van der Waals surface area contributed by atoms with Crippen LogP contribution in [0.25, 0.3) is 0 Å². The summed E-state index contributed by atoms with van der Waals surface area (Å²) in [6.45, 7) is 0. The average molecular weight is 505 g/mol. The quantitative estimate of drug-likeness (QED) is 0.229. The number of hydrogen-bond acceptors (Lipinski definition) is 6. The molecule has 188 valence electrons. The van der Waals surface area contributed by atoms with Gasteiger partial charge in [0, 0.05) is 12.1 Å². The lowest BCUT2D eigenvalue weighted by molar-refractivity contribution is -0.384. The number of nitro benzene ring substituents is 1. The monoisotopic (exact) mass is 505 g/mol. The first-order chi connectivity index (χ1) is 17.9. The van der Waals surface area contributed by atoms with Gasteiger partial charge in [0.25, 0.3) is 18.0 Å². The molecule has 2 atom stereocenters. The van der Waals surface area contributed by atoms with E-state index in [1.807, 2.05) is 30.3 Å². The number of nitrogens with zero attached hydrogens (tertiary/aromatic N) is 3. The van der Waals surface area contributed by atoms with E-state index in [9.17, 15) is 23.7 Å². The van der Waals surface area contributed by atoms with Gasteiger partial charge in [0.2, 0.25) is 0 Å². The lowest BCUT2D eigenvalue weighted by Crippen LogP contribution is -2.31. The number of carbonyl (C=O) groups is 1. The van der Waals surface area contributed by atoms with Crippen molar-refractivity contribution in [2.24, 2.45) is 0 Å². The Morgan fingerprint density at radius 1 is 1.08 bits per heavy atom. The minimum atomic E-state index is -2.70. The van der Waals surface area contributed by atoms with Gasteiger partial charge in [0.15, 0.2) is 0 Å². The van der Waals surface area contributed by atoms with E-state index in [2.05, 4.69) is 15.7 Å². The van der Waals surface area contributed by atoms with Gasteiger partial charge in [-0.2, -0.15) is 5.10 Å². The number of hydrogen-bond donors (Lipinski definition) is 2. The SMILES string of the molecule is O=C(Nc1cc(Oc2ccccc2)cc([N+](=O)[O-])c1)c1cnn2c1N[C@H](c1ccccc1)C[C@@H]2C(F)F. The van der Waals surface area contributed by atoms with Crippen LogP contribution in [-0.4, -0.2) is 27.0 Å². The molecule has 0 unspecified atom stereocenters. The number of amides is 1. The Morgan fingerprint density at radius 2 is 1.78 bits per heavy atom. The van der Waals surface area contributed by atoms with Crippen LogP contribution in [0.2, 0.25) is 0 Å². The second-order valence-electron chi connectivity index (χ2n) is 8.44. The molecule has 3 aromatic carbocycles. The molecule has 0 fully saturated rings. The normalized spacial score (nSPS) is 16.5. The molecule has 1 aliphatic heterocycles. The number of non-ortho nitro benzene ring substituents is 1. The molecule has 2 N–H and O–H groups in total. The first kappa shape index (κ1) is 23.9. The van der Waals surface area contributed by atoms with E-state index < -0.39 is 29.3 Å². The van der Waals surface area contributed by atoms with E-state index in [0.29, 0.717) is 5.75 Å². The standard InChI is InChI=1S/C26H21F2N5O4/c27-24(28)23-14-22(16-7-3-1-4-8-16)31-25-21(15-29-32(23)25)26(34)30-17-11-18(33(35)36)13-20(12-17)37-19-9-5-2-6-10-19/h1-13,15,22-24,31H,14H2,(H,30,34)/t22-,23+/m0/s1. The second-order valence-corrected chi connectivity index (χ2v) is 8.44. The smallest absolute Gasteiger partial charge is 0.275 e. The van der Waals surface area contributed by atoms with Gasteiger partial charge in [-0.15, -0.1) is 0 Å². The molecule has 1 amide bonds. The highest BCUT2D eigenvalue weighted by atomic mass is 19.3. The van der Waals surface area contributed by atoms with Crippen molar-refractivity contribution in [3.05, 3.63) is 106 Å². The Hall–Kier alpha value is -4.80. The summed E-state index contributed by atoms with van der Waals surface area (Å²) in [7, 11) is 0. The molecule has 0 radical (unpaired) electrons. The molecule has 0 saturated carbocycles. The third-order valence-corrected chi connectivity index (χ3v) is 5.97. The summed E-state index contributed by atoms with van der Waals surface area (Å²) in [6.07, 6.45) is -1.40. The fourth-order valence-corrected chi connectivity index (χ4v) is 4.25. The van der Waals surface area contributed by atoms with Crippen molar-refractivity contribution in [3.8, 4) is 11.5 Å². The molecule has 5 rings (SSSR count). The van der Waals surface area contributed by atoms with E-state index in [0.717, 1.165) is 10.2 Å². The summed E-state index contributed by atoms with van der Waals surface area (Å²) >= 11 is 0. The van der Waals surface area contributed by atoms with Crippen molar-refractivity contribution >= 4 is 23.1 Å². The highest BCUT2D eigenvalue weighted by Gasteiger charge is 2.36. The molecular weight excluding hydrogens is 484 g/mol. The van der Waals surface area contributed by atoms with Gasteiger partial charge < -0.3 is 15.4 Å². The fraction of sp³-hybridized carbons (Fsp3) is 0.154. The van der Waals surface area contributed by atoms with Crippen molar-refractivity contribution in [2.75, 3.05) is 10.6 Å². The zero-order valence-electron chi connectivity index (χ0n) is 19.3. The topological polar surface area (TPSA) is 111 Å². The Morgan fingerprint density at radius 3 is 2.46 bits per heavy atom. The maximum Gasteiger partial charge on any atom is 0.275 e. The molecule has 9 nitrogen and oxygen atoms in total. The van der Waals surface area contributed by atoms with Crippen molar-refractivity contribution in [3.63, 3.8) is 0 Å². The first-order valence-corrected chi connectivity index (χ1v) is 11.4. The predicted molar refractivity (Wildman–Crippen MR) is 132 cm³/mol. The molecule has 0 bridgehead atoms. The van der Waals surface area contributed by atoms with Crippen LogP contribution < -0.4 is 15.4 Å². The maximum atomic E-state index is 13.9. The molecule has 1 aliphatic rings. The number of alkyl halides is 2. The Bertz CT molecular complexity index is 1430. The number of nitro groups is 1. The van der Waals surface area contributed by atoms with Gasteiger partial charge in [0.1, 0.15) is 28.9 Å². The number of para-hydroxylation sites is 1. The molecule has 0 spiro atoms. The summed E-state index contributed by atoms with van der Waals surface area (Å²) in [5, 5.41) is 21.3. The lowest BCUT2D eigenvalue weighted by Gasteiger charge is -2.32. The van der Waals surface area contributed by atoms with Crippen LogP contribution in [0.3, 0.4) is 0 Å². The lowest BCUT2D eigenvalue weighted by atomic mass is 9.97. The number of benzene rings is 3. The minimum absolute atomic E-state index is 0.0308. The fourth-order valence-electron chi connectivity index (χ4n) is 4.25. The number of carbonyl (C=O) groups excluding carboxylic acids is 1. The third kappa shape index (κ3) is 5.10. The number of fused-ring (bicyclic) bond motifs is 1. The number of rotatable bonds is 7. The largest absolute Gasteiger partial charge is 0.457 e. The first-order valence-electron chi connectivity index (χ1n) is 11.4. The van der Waals surface area contributed by atoms with Gasteiger partial charge in [-0.3, -0.25) is 14.9 Å². The maximum absolute atomic E-state index is 13.9. The Balaban J connectivity index is 1.44. The molecule has 37 heavy (non-hydrogen) atoms. The van der Waals surface area contributed by atoms with Gasteiger partial charge in [-0.1, -0.05) is 48.5 Å². The van der Waals surface area contributed by atoms with Gasteiger partial charge >= 0.3 is 0 Å². The van der Waals surface area contributed by atoms with Crippen LogP contribution in [-0.2, 0) is 0 Å². The van der Waals surface area contributed by atoms with E-state index >= 15 is 0 Å². The summed E-state index contributed by atoms with van der Waals surface area (Å²) in [5.74, 6) is 0.0867. The third-order valence-electron chi connectivity index (χ3n) is 5.97. The molecule has 4 aromatic rings. The summed E-state index contributed by atoms with van der Waals surface area (Å²) in [5.41, 5.74) is 0.642. The molecule has 1 aromatic heterocycles. The summed E-state index contributed by atoms with van der Waals surface area (Å²) < 4.78 is 34.7. The minimum Gasteiger partial charge on any atom is -0.457 e. The highest BCUT2D eigenvalue weighted by Crippen LogP contribution is 2.39. The van der Waals surface area contributed by atoms with Crippen molar-refractivity contribution in [1.82, 2.24) is 9.78 Å². The highest BCUT2D eigenvalue weighted by molar-refractivity contribution is 6.07. The average Bonchev–Trinajstić information content (AvgIpc) is 3.33. The van der Waals surface area contributed by atoms with E-state index in [-0.39, 0.29) is 34.9 Å². The van der Waals surface area contributed by atoms with E-state index in [4.69, 9.17) is 4.74 Å². The molecule has 2 heterocycles. The van der Waals surface area contributed by atoms with Gasteiger partial charge in [-0.05, 0) is 24.1 Å². The number of aromatic nitrogens is 2. The molecule has 11 heteroatoms. The van der Waals surface area contributed by atoms with E-state index in [1.54, 1.807) is 30.3 Å². The summed E-state index contributed by atoms with van der Waals surface area (Å²) in [4.78, 5) is 24.1. The van der Waals surface area contributed by atoms with Crippen LogP contribution in [0.15, 0.2) is 85.1 Å². The van der Waals surface area contributed by atoms with Gasteiger partial charge in [-0.25, -0.2) is 13.5 Å². The number of anilines is 2. The number of nitrogens with one attached hydrogen (secondary N) is 2. The van der Waals surface area contributed by atoms with Crippen molar-refractivity contribution in [2.45, 2.75) is 24.9 Å². The van der Waals surface area contributed by atoms with Crippen LogP contribution in [0.1, 0.15) is 34.4 Å². The van der Waals surface area contributed by atoms with Crippen LogP contribution in [0, 0.1) is 10.1 Å². The van der Waals surface area contributed by atoms with Crippen LogP contribution in [0.4, 0.5) is 26.0 Å². The molecule has 0 saturated heterocycles. The van der Waals surface area contributed by atoms with Crippen molar-refractivity contribution < 1.29 is 23.2 Å². The predicted octanol–water partition coefficient (Wildman–Crippen LogP) is 6.20. The number of ether oxygens (including phenoxy) is 1. The molecule has 0 aliphatic carbocycles. The zero-order chi connectivity index (χ0) is 25.9. The number of halogens is 2.